The Bertz CT molecular complexity index is 575. The lowest BCUT2D eigenvalue weighted by Gasteiger charge is -2.14. The molecular weight excluding hydrogens is 311 g/mol. The topological polar surface area (TPSA) is 48.1 Å². The number of nitrogens with two attached hydrogens (primary N) is 1. The summed E-state index contributed by atoms with van der Waals surface area (Å²) in [5, 5.41) is 0. The lowest BCUT2D eigenvalue weighted by atomic mass is 10.1. The molecule has 1 aromatic carbocycles. The first-order valence-electron chi connectivity index (χ1n) is 5.83. The Hall–Kier alpha value is -1.46. The van der Waals surface area contributed by atoms with Crippen LogP contribution < -0.4 is 10.5 Å². The van der Waals surface area contributed by atoms with Gasteiger partial charge < -0.3 is 10.5 Å². The van der Waals surface area contributed by atoms with Crippen LogP contribution in [0.5, 0.6) is 5.75 Å². The van der Waals surface area contributed by atoms with Gasteiger partial charge in [0.05, 0.1) is 0 Å². The van der Waals surface area contributed by atoms with Crippen LogP contribution in [0, 0.1) is 5.82 Å². The number of rotatable bonds is 4. The van der Waals surface area contributed by atoms with E-state index in [1.165, 1.54) is 12.1 Å². The Kier molecular flexibility index (Phi) is 4.50. The van der Waals surface area contributed by atoms with Crippen molar-refractivity contribution in [1.29, 1.82) is 0 Å². The van der Waals surface area contributed by atoms with Gasteiger partial charge in [-0.05, 0) is 47.1 Å². The fourth-order valence-electron chi connectivity index (χ4n) is 1.70. The van der Waals surface area contributed by atoms with Crippen molar-refractivity contribution < 1.29 is 9.13 Å². The van der Waals surface area contributed by atoms with Gasteiger partial charge in [0, 0.05) is 34.0 Å². The third-order valence-corrected chi connectivity index (χ3v) is 3.05. The van der Waals surface area contributed by atoms with Gasteiger partial charge in [0.2, 0.25) is 0 Å². The number of halogens is 2. The van der Waals surface area contributed by atoms with Crippen molar-refractivity contribution >= 4 is 15.9 Å². The average Bonchev–Trinajstić information content (AvgIpc) is 2.37. The molecule has 0 bridgehead atoms. The second-order valence-corrected chi connectivity index (χ2v) is 5.19. The molecular formula is C14H14BrFN2O. The summed E-state index contributed by atoms with van der Waals surface area (Å²) >= 11 is 3.35. The van der Waals surface area contributed by atoms with Crippen LogP contribution in [0.2, 0.25) is 0 Å². The van der Waals surface area contributed by atoms with E-state index in [0.29, 0.717) is 17.9 Å². The molecule has 2 N–H and O–H groups in total. The highest BCUT2D eigenvalue weighted by Gasteiger charge is 2.10. The number of benzene rings is 1. The van der Waals surface area contributed by atoms with Crippen molar-refractivity contribution in [2.75, 3.05) is 0 Å². The molecule has 19 heavy (non-hydrogen) atoms. The van der Waals surface area contributed by atoms with E-state index in [2.05, 4.69) is 20.9 Å². The van der Waals surface area contributed by atoms with Gasteiger partial charge in [-0.1, -0.05) is 0 Å². The lowest BCUT2D eigenvalue weighted by Crippen LogP contribution is -2.08. The predicted molar refractivity (Wildman–Crippen MR) is 75.3 cm³/mol. The summed E-state index contributed by atoms with van der Waals surface area (Å²) in [7, 11) is 0. The summed E-state index contributed by atoms with van der Waals surface area (Å²) < 4.78 is 19.8. The zero-order chi connectivity index (χ0) is 13.8. The first kappa shape index (κ1) is 14.0. The standard InChI is InChI=1S/C14H14BrFN2O/c1-9(17)13-5-12(16)2-3-14(13)19-8-10-4-11(15)7-18-6-10/h2-7,9H,8,17H2,1H3/t9-/m0/s1. The van der Waals surface area contributed by atoms with E-state index in [1.54, 1.807) is 25.4 Å². The monoisotopic (exact) mass is 324 g/mol. The Balaban J connectivity index is 2.15. The fourth-order valence-corrected chi connectivity index (χ4v) is 2.11. The maximum atomic E-state index is 13.2. The molecule has 0 aliphatic rings. The van der Waals surface area contributed by atoms with Gasteiger partial charge in [-0.25, -0.2) is 4.39 Å². The van der Waals surface area contributed by atoms with Gasteiger partial charge in [0.15, 0.2) is 0 Å². The van der Waals surface area contributed by atoms with Crippen LogP contribution in [-0.4, -0.2) is 4.98 Å². The molecule has 3 nitrogen and oxygen atoms in total. The minimum absolute atomic E-state index is 0.286. The zero-order valence-electron chi connectivity index (χ0n) is 10.4. The molecule has 0 saturated carbocycles. The molecule has 0 saturated heterocycles. The Morgan fingerprint density at radius 3 is 2.84 bits per heavy atom. The molecule has 1 atom stereocenters. The third-order valence-electron chi connectivity index (χ3n) is 2.62. The van der Waals surface area contributed by atoms with Crippen LogP contribution in [0.25, 0.3) is 0 Å². The maximum absolute atomic E-state index is 13.2. The largest absolute Gasteiger partial charge is 0.489 e. The van der Waals surface area contributed by atoms with Crippen LogP contribution in [0.15, 0.2) is 41.1 Å². The first-order valence-corrected chi connectivity index (χ1v) is 6.63. The maximum Gasteiger partial charge on any atom is 0.124 e. The summed E-state index contributed by atoms with van der Waals surface area (Å²) in [5.41, 5.74) is 7.39. The van der Waals surface area contributed by atoms with Crippen molar-refractivity contribution in [2.45, 2.75) is 19.6 Å². The summed E-state index contributed by atoms with van der Waals surface area (Å²) in [5.74, 6) is 0.278. The Labute approximate surface area is 119 Å². The number of nitrogens with zero attached hydrogens (tertiary/aromatic N) is 1. The van der Waals surface area contributed by atoms with Gasteiger partial charge in [0.1, 0.15) is 18.2 Å². The van der Waals surface area contributed by atoms with Gasteiger partial charge >= 0.3 is 0 Å². The molecule has 0 aliphatic heterocycles. The molecule has 1 heterocycles. The Morgan fingerprint density at radius 1 is 1.37 bits per heavy atom. The van der Waals surface area contributed by atoms with E-state index in [4.69, 9.17) is 10.5 Å². The minimum Gasteiger partial charge on any atom is -0.489 e. The van der Waals surface area contributed by atoms with Crippen LogP contribution in [-0.2, 0) is 6.61 Å². The normalized spacial score (nSPS) is 12.2. The van der Waals surface area contributed by atoms with E-state index in [9.17, 15) is 4.39 Å². The number of pyridine rings is 1. The zero-order valence-corrected chi connectivity index (χ0v) is 12.0. The summed E-state index contributed by atoms with van der Waals surface area (Å²) in [6.07, 6.45) is 3.43. The molecule has 0 radical (unpaired) electrons. The van der Waals surface area contributed by atoms with E-state index < -0.39 is 0 Å². The molecule has 0 amide bonds. The molecule has 0 fully saturated rings. The molecule has 2 rings (SSSR count). The van der Waals surface area contributed by atoms with E-state index in [-0.39, 0.29) is 11.9 Å². The first-order chi connectivity index (χ1) is 9.06. The predicted octanol–water partition coefficient (Wildman–Crippen LogP) is 3.58. The average molecular weight is 325 g/mol. The summed E-state index contributed by atoms with van der Waals surface area (Å²) in [4.78, 5) is 4.06. The number of hydrogen-bond acceptors (Lipinski definition) is 3. The van der Waals surface area contributed by atoms with Crippen LogP contribution in [0.4, 0.5) is 4.39 Å². The van der Waals surface area contributed by atoms with E-state index >= 15 is 0 Å². The van der Waals surface area contributed by atoms with Gasteiger partial charge in [-0.2, -0.15) is 0 Å². The van der Waals surface area contributed by atoms with Gasteiger partial charge in [0.25, 0.3) is 0 Å². The lowest BCUT2D eigenvalue weighted by molar-refractivity contribution is 0.300. The molecule has 1 aromatic heterocycles. The summed E-state index contributed by atoms with van der Waals surface area (Å²) in [6, 6.07) is 5.99. The molecule has 0 spiro atoms. The van der Waals surface area contributed by atoms with Crippen molar-refractivity contribution in [3.63, 3.8) is 0 Å². The second-order valence-electron chi connectivity index (χ2n) is 4.27. The van der Waals surface area contributed by atoms with Crippen molar-refractivity contribution in [3.05, 3.63) is 58.1 Å². The highest BCUT2D eigenvalue weighted by atomic mass is 79.9. The van der Waals surface area contributed by atoms with Crippen molar-refractivity contribution in [1.82, 2.24) is 4.98 Å². The summed E-state index contributed by atoms with van der Waals surface area (Å²) in [6.45, 7) is 2.15. The second kappa shape index (κ2) is 6.12. The van der Waals surface area contributed by atoms with Gasteiger partial charge in [-0.3, -0.25) is 4.98 Å². The van der Waals surface area contributed by atoms with Crippen LogP contribution in [0.1, 0.15) is 24.1 Å². The fraction of sp³-hybridized carbons (Fsp3) is 0.214. The highest BCUT2D eigenvalue weighted by Crippen LogP contribution is 2.25. The highest BCUT2D eigenvalue weighted by molar-refractivity contribution is 9.10. The van der Waals surface area contributed by atoms with E-state index in [1.807, 2.05) is 6.07 Å². The quantitative estimate of drug-likeness (QED) is 0.935. The van der Waals surface area contributed by atoms with Crippen molar-refractivity contribution in [2.24, 2.45) is 5.73 Å². The SMILES string of the molecule is C[C@H](N)c1cc(F)ccc1OCc1cncc(Br)c1. The number of hydrogen-bond donors (Lipinski definition) is 1. The van der Waals surface area contributed by atoms with Crippen LogP contribution >= 0.6 is 15.9 Å². The molecule has 5 heteroatoms. The third kappa shape index (κ3) is 3.75. The molecule has 100 valence electrons. The Morgan fingerprint density at radius 2 is 2.16 bits per heavy atom. The number of ether oxygens (including phenoxy) is 1. The molecule has 0 aliphatic carbocycles. The van der Waals surface area contributed by atoms with Crippen molar-refractivity contribution in [3.8, 4) is 5.75 Å². The van der Waals surface area contributed by atoms with Gasteiger partial charge in [-0.15, -0.1) is 0 Å². The minimum atomic E-state index is -0.316. The van der Waals surface area contributed by atoms with E-state index in [0.717, 1.165) is 10.0 Å². The number of aromatic nitrogens is 1. The van der Waals surface area contributed by atoms with Crippen LogP contribution in [0.3, 0.4) is 0 Å². The molecule has 0 unspecified atom stereocenters. The molecule has 2 aromatic rings. The smallest absolute Gasteiger partial charge is 0.124 e.